The van der Waals surface area contributed by atoms with Crippen molar-refractivity contribution in [3.63, 3.8) is 0 Å². The van der Waals surface area contributed by atoms with Gasteiger partial charge in [-0.2, -0.15) is 0 Å². The zero-order valence-electron chi connectivity index (χ0n) is 14.6. The van der Waals surface area contributed by atoms with Crippen LogP contribution in [0.3, 0.4) is 0 Å². The number of ether oxygens (including phenoxy) is 1. The molecule has 0 spiro atoms. The Balaban J connectivity index is 1.52. The first kappa shape index (κ1) is 20.0. The van der Waals surface area contributed by atoms with E-state index in [4.69, 9.17) is 10.5 Å². The van der Waals surface area contributed by atoms with Crippen molar-refractivity contribution < 1.29 is 14.3 Å². The predicted octanol–water partition coefficient (Wildman–Crippen LogP) is 3.76. The van der Waals surface area contributed by atoms with Crippen LogP contribution in [-0.2, 0) is 9.59 Å². The van der Waals surface area contributed by atoms with E-state index in [0.29, 0.717) is 16.0 Å². The largest absolute Gasteiger partial charge is 0.484 e. The quantitative estimate of drug-likeness (QED) is 0.633. The van der Waals surface area contributed by atoms with Gasteiger partial charge in [0.25, 0.3) is 5.91 Å². The van der Waals surface area contributed by atoms with E-state index in [9.17, 15) is 9.59 Å². The zero-order valence-corrected chi connectivity index (χ0v) is 17.0. The predicted molar refractivity (Wildman–Crippen MR) is 115 cm³/mol. The Kier molecular flexibility index (Phi) is 7.37. The van der Waals surface area contributed by atoms with Crippen molar-refractivity contribution in [3.05, 3.63) is 54.1 Å². The Bertz CT molecular complexity index is 793. The van der Waals surface area contributed by atoms with Gasteiger partial charge < -0.3 is 15.8 Å². The molecule has 0 radical (unpaired) electrons. The summed E-state index contributed by atoms with van der Waals surface area (Å²) >= 11 is 5.20. The first-order valence-electron chi connectivity index (χ1n) is 8.38. The number of benzene rings is 2. The summed E-state index contributed by atoms with van der Waals surface area (Å²) in [7, 11) is 0. The Morgan fingerprint density at radius 1 is 1.11 bits per heavy atom. The fourth-order valence-corrected chi connectivity index (χ4v) is 6.06. The maximum Gasteiger partial charge on any atom is 0.262 e. The minimum atomic E-state index is -0.401. The lowest BCUT2D eigenvalue weighted by Crippen LogP contribution is -2.20. The van der Waals surface area contributed by atoms with Crippen molar-refractivity contribution in [2.24, 2.45) is 5.73 Å². The van der Waals surface area contributed by atoms with Gasteiger partial charge in [-0.3, -0.25) is 9.59 Å². The molecular formula is C19H20N2O3S3. The van der Waals surface area contributed by atoms with E-state index in [2.05, 4.69) is 17.4 Å². The third kappa shape index (κ3) is 6.12. The number of hydrogen-bond acceptors (Lipinski definition) is 6. The number of amides is 2. The number of carbonyl (C=O) groups is 2. The van der Waals surface area contributed by atoms with Gasteiger partial charge in [-0.25, -0.2) is 0 Å². The van der Waals surface area contributed by atoms with E-state index >= 15 is 0 Å². The SMILES string of the molecule is NC(=O)CSc1ccccc1NC(=O)COc1ccc(C2SCCS2)cc1. The molecule has 1 aliphatic heterocycles. The van der Waals surface area contributed by atoms with Crippen LogP contribution in [0.4, 0.5) is 5.69 Å². The van der Waals surface area contributed by atoms with E-state index in [1.165, 1.54) is 28.8 Å². The van der Waals surface area contributed by atoms with Crippen LogP contribution in [0.15, 0.2) is 53.4 Å². The van der Waals surface area contributed by atoms with Gasteiger partial charge in [0.1, 0.15) is 5.75 Å². The molecule has 0 aliphatic carbocycles. The first-order chi connectivity index (χ1) is 13.1. The molecule has 1 heterocycles. The first-order valence-corrected chi connectivity index (χ1v) is 11.5. The summed E-state index contributed by atoms with van der Waals surface area (Å²) in [4.78, 5) is 24.0. The van der Waals surface area contributed by atoms with Crippen LogP contribution in [0.2, 0.25) is 0 Å². The molecule has 1 saturated heterocycles. The van der Waals surface area contributed by atoms with Crippen LogP contribution < -0.4 is 15.8 Å². The molecule has 27 heavy (non-hydrogen) atoms. The second-order valence-electron chi connectivity index (χ2n) is 5.73. The fraction of sp³-hybridized carbons (Fsp3) is 0.263. The van der Waals surface area contributed by atoms with E-state index in [0.717, 1.165) is 4.90 Å². The van der Waals surface area contributed by atoms with Gasteiger partial charge in [-0.05, 0) is 29.8 Å². The summed E-state index contributed by atoms with van der Waals surface area (Å²) in [5.74, 6) is 2.54. The van der Waals surface area contributed by atoms with Crippen LogP contribution in [0.1, 0.15) is 10.1 Å². The molecule has 1 fully saturated rings. The Morgan fingerprint density at radius 3 is 2.52 bits per heavy atom. The Hall–Kier alpha value is -1.77. The molecule has 5 nitrogen and oxygen atoms in total. The lowest BCUT2D eigenvalue weighted by atomic mass is 10.2. The second kappa shape index (κ2) is 9.96. The maximum absolute atomic E-state index is 12.2. The molecule has 0 saturated carbocycles. The fourth-order valence-electron chi connectivity index (χ4n) is 2.45. The summed E-state index contributed by atoms with van der Waals surface area (Å²) in [5.41, 5.74) is 7.10. The molecule has 2 amide bonds. The normalized spacial score (nSPS) is 14.1. The summed E-state index contributed by atoms with van der Waals surface area (Å²) in [6.45, 7) is -0.0822. The van der Waals surface area contributed by atoms with Crippen molar-refractivity contribution in [2.45, 2.75) is 9.48 Å². The van der Waals surface area contributed by atoms with Gasteiger partial charge in [0.15, 0.2) is 6.61 Å². The number of nitrogens with two attached hydrogens (primary N) is 1. The lowest BCUT2D eigenvalue weighted by molar-refractivity contribution is -0.118. The third-order valence-corrected chi connectivity index (χ3v) is 7.88. The summed E-state index contributed by atoms with van der Waals surface area (Å²) in [6.07, 6.45) is 0. The highest BCUT2D eigenvalue weighted by atomic mass is 32.2. The molecule has 2 aromatic rings. The number of carbonyl (C=O) groups excluding carboxylic acids is 2. The topological polar surface area (TPSA) is 81.4 Å². The van der Waals surface area contributed by atoms with Gasteiger partial charge in [0.05, 0.1) is 16.0 Å². The highest BCUT2D eigenvalue weighted by Crippen LogP contribution is 2.45. The van der Waals surface area contributed by atoms with Gasteiger partial charge in [0, 0.05) is 16.4 Å². The van der Waals surface area contributed by atoms with Gasteiger partial charge in [-0.15, -0.1) is 35.3 Å². The molecule has 2 aromatic carbocycles. The molecule has 8 heteroatoms. The summed E-state index contributed by atoms with van der Waals surface area (Å²) < 4.78 is 6.09. The molecule has 3 rings (SSSR count). The molecule has 1 aliphatic rings. The highest BCUT2D eigenvalue weighted by Gasteiger charge is 2.18. The molecular weight excluding hydrogens is 400 g/mol. The number of hydrogen-bond donors (Lipinski definition) is 2. The van der Waals surface area contributed by atoms with Gasteiger partial charge in [-0.1, -0.05) is 24.3 Å². The number of rotatable bonds is 8. The molecule has 0 aromatic heterocycles. The summed E-state index contributed by atoms with van der Waals surface area (Å²) in [5, 5.41) is 2.82. The van der Waals surface area contributed by atoms with Gasteiger partial charge in [0.2, 0.25) is 5.91 Å². The second-order valence-corrected chi connectivity index (χ2v) is 9.47. The minimum absolute atomic E-state index is 0.0822. The van der Waals surface area contributed by atoms with Crippen LogP contribution in [0.5, 0.6) is 5.75 Å². The zero-order chi connectivity index (χ0) is 19.1. The van der Waals surface area contributed by atoms with E-state index in [-0.39, 0.29) is 18.3 Å². The number of para-hydroxylation sites is 1. The van der Waals surface area contributed by atoms with E-state index in [1.54, 1.807) is 6.07 Å². The van der Waals surface area contributed by atoms with E-state index < -0.39 is 5.91 Å². The van der Waals surface area contributed by atoms with Crippen molar-refractivity contribution >= 4 is 52.8 Å². The monoisotopic (exact) mass is 420 g/mol. The van der Waals surface area contributed by atoms with Crippen molar-refractivity contribution in [1.29, 1.82) is 0 Å². The van der Waals surface area contributed by atoms with E-state index in [1.807, 2.05) is 53.9 Å². The number of nitrogens with one attached hydrogen (secondary N) is 1. The average Bonchev–Trinajstić information content (AvgIpc) is 3.21. The van der Waals surface area contributed by atoms with Crippen LogP contribution in [0, 0.1) is 0 Å². The molecule has 142 valence electrons. The van der Waals surface area contributed by atoms with Crippen LogP contribution >= 0.6 is 35.3 Å². The van der Waals surface area contributed by atoms with Crippen molar-refractivity contribution in [3.8, 4) is 5.75 Å². The van der Waals surface area contributed by atoms with Gasteiger partial charge >= 0.3 is 0 Å². The lowest BCUT2D eigenvalue weighted by Gasteiger charge is -2.12. The number of primary amides is 1. The smallest absolute Gasteiger partial charge is 0.262 e. The molecule has 0 atom stereocenters. The van der Waals surface area contributed by atoms with Crippen molar-refractivity contribution in [1.82, 2.24) is 0 Å². The number of thioether (sulfide) groups is 3. The minimum Gasteiger partial charge on any atom is -0.484 e. The molecule has 0 unspecified atom stereocenters. The standard InChI is InChI=1S/C19H20N2O3S3/c20-17(22)12-27-16-4-2-1-3-15(16)21-18(23)11-24-14-7-5-13(6-8-14)19-25-9-10-26-19/h1-8,19H,9-12H2,(H2,20,22)(H,21,23). The summed E-state index contributed by atoms with van der Waals surface area (Å²) in [6, 6.07) is 15.2. The highest BCUT2D eigenvalue weighted by molar-refractivity contribution is 8.19. The van der Waals surface area contributed by atoms with Crippen molar-refractivity contribution in [2.75, 3.05) is 29.2 Å². The third-order valence-electron chi connectivity index (χ3n) is 3.68. The van der Waals surface area contributed by atoms with Crippen LogP contribution in [-0.4, -0.2) is 35.7 Å². The van der Waals surface area contributed by atoms with Crippen LogP contribution in [0.25, 0.3) is 0 Å². The molecule has 3 N–H and O–H groups in total. The average molecular weight is 421 g/mol. The Morgan fingerprint density at radius 2 is 1.81 bits per heavy atom. The Labute approximate surface area is 171 Å². The molecule has 0 bridgehead atoms. The maximum atomic E-state index is 12.2. The number of anilines is 1.